The van der Waals surface area contributed by atoms with Gasteiger partial charge in [0.15, 0.2) is 6.10 Å². The molecule has 1 aliphatic rings. The van der Waals surface area contributed by atoms with Gasteiger partial charge in [0.05, 0.1) is 17.6 Å². The van der Waals surface area contributed by atoms with Crippen LogP contribution in [0.15, 0.2) is 29.2 Å². The molecule has 1 fully saturated rings. The van der Waals surface area contributed by atoms with Gasteiger partial charge in [0.1, 0.15) is 0 Å². The zero-order valence-electron chi connectivity index (χ0n) is 15.9. The molecule has 1 heterocycles. The first-order valence-corrected chi connectivity index (χ1v) is 10.3. The van der Waals surface area contributed by atoms with Gasteiger partial charge < -0.3 is 9.64 Å². The van der Waals surface area contributed by atoms with Crippen LogP contribution in [0.2, 0.25) is 0 Å². The number of sulfonamides is 1. The van der Waals surface area contributed by atoms with Crippen molar-refractivity contribution < 1.29 is 27.6 Å². The monoisotopic (exact) mass is 398 g/mol. The fourth-order valence-corrected chi connectivity index (χ4v) is 3.88. The highest BCUT2D eigenvalue weighted by atomic mass is 32.2. The van der Waals surface area contributed by atoms with Gasteiger partial charge in [0.25, 0.3) is 15.9 Å². The predicted molar refractivity (Wildman–Crippen MR) is 98.3 cm³/mol. The zero-order valence-corrected chi connectivity index (χ0v) is 16.7. The van der Waals surface area contributed by atoms with Crippen LogP contribution in [0.25, 0.3) is 0 Å². The summed E-state index contributed by atoms with van der Waals surface area (Å²) in [4.78, 5) is 31.2. The van der Waals surface area contributed by atoms with Gasteiger partial charge in [0, 0.05) is 20.1 Å². The number of likely N-dealkylation sites (tertiary alicyclic amines) is 1. The molecule has 0 spiro atoms. The molecule has 0 aliphatic carbocycles. The molecule has 0 N–H and O–H groups in total. The lowest BCUT2D eigenvalue weighted by molar-refractivity contribution is -0.139. The fourth-order valence-electron chi connectivity index (χ4n) is 2.86. The summed E-state index contributed by atoms with van der Waals surface area (Å²) in [6.45, 7) is 2.86. The summed E-state index contributed by atoms with van der Waals surface area (Å²) in [5.41, 5.74) is 0.0519. The first-order valence-electron chi connectivity index (χ1n) is 8.90. The Morgan fingerprint density at radius 2 is 1.78 bits per heavy atom. The number of hydroxylamine groups is 1. The number of amides is 1. The molecule has 1 aliphatic heterocycles. The first-order chi connectivity index (χ1) is 12.8. The number of hydrogen-bond donors (Lipinski definition) is 0. The summed E-state index contributed by atoms with van der Waals surface area (Å²) in [5, 5.41) is 0. The van der Waals surface area contributed by atoms with Crippen molar-refractivity contribution in [3.8, 4) is 0 Å². The van der Waals surface area contributed by atoms with E-state index in [2.05, 4.69) is 0 Å². The van der Waals surface area contributed by atoms with Gasteiger partial charge in [-0.2, -0.15) is 0 Å². The van der Waals surface area contributed by atoms with E-state index in [4.69, 9.17) is 9.57 Å². The van der Waals surface area contributed by atoms with Crippen molar-refractivity contribution in [1.29, 1.82) is 0 Å². The van der Waals surface area contributed by atoms with Crippen LogP contribution in [-0.4, -0.2) is 63.0 Å². The minimum atomic E-state index is -3.88. The smallest absolute Gasteiger partial charge is 0.338 e. The van der Waals surface area contributed by atoms with Crippen molar-refractivity contribution in [2.75, 3.05) is 27.2 Å². The second-order valence-corrected chi connectivity index (χ2v) is 8.35. The average Bonchev–Trinajstić information content (AvgIpc) is 2.96. The minimum Gasteiger partial charge on any atom is -0.449 e. The molecule has 150 valence electrons. The Balaban J connectivity index is 2.09. The summed E-state index contributed by atoms with van der Waals surface area (Å²) in [6, 6.07) is 5.44. The first kappa shape index (κ1) is 21.3. The normalized spacial score (nSPS) is 16.7. The standard InChI is InChI=1S/C18H26N2O6S/c1-14(17(21)20-11-6-4-5-7-12-20)26-18(22)15-9-8-10-16(13-15)27(23,24)19(2)25-3/h8-10,13-14H,4-7,11-12H2,1-3H3/t14-/m1/s1. The zero-order chi connectivity index (χ0) is 20.0. The number of carbonyl (C=O) groups excluding carboxylic acids is 2. The number of carbonyl (C=O) groups is 2. The molecule has 1 amide bonds. The molecule has 2 rings (SSSR count). The van der Waals surface area contributed by atoms with E-state index in [1.165, 1.54) is 45.3 Å². The van der Waals surface area contributed by atoms with Gasteiger partial charge in [0.2, 0.25) is 0 Å². The third kappa shape index (κ3) is 5.27. The van der Waals surface area contributed by atoms with Gasteiger partial charge in [-0.15, -0.1) is 0 Å². The van der Waals surface area contributed by atoms with E-state index < -0.39 is 22.1 Å². The molecule has 0 unspecified atom stereocenters. The minimum absolute atomic E-state index is 0.0519. The van der Waals surface area contributed by atoms with Crippen molar-refractivity contribution >= 4 is 21.9 Å². The second kappa shape index (κ2) is 9.29. The Morgan fingerprint density at radius 3 is 2.37 bits per heavy atom. The van der Waals surface area contributed by atoms with E-state index in [0.29, 0.717) is 17.6 Å². The maximum atomic E-state index is 12.5. The topological polar surface area (TPSA) is 93.2 Å². The van der Waals surface area contributed by atoms with Crippen LogP contribution in [0.5, 0.6) is 0 Å². The van der Waals surface area contributed by atoms with E-state index in [-0.39, 0.29) is 16.4 Å². The molecule has 0 aromatic heterocycles. The highest BCUT2D eigenvalue weighted by molar-refractivity contribution is 7.89. The Morgan fingerprint density at radius 1 is 1.15 bits per heavy atom. The molecular weight excluding hydrogens is 372 g/mol. The van der Waals surface area contributed by atoms with E-state index in [9.17, 15) is 18.0 Å². The van der Waals surface area contributed by atoms with Gasteiger partial charge >= 0.3 is 5.97 Å². The van der Waals surface area contributed by atoms with Crippen LogP contribution in [0.4, 0.5) is 0 Å². The van der Waals surface area contributed by atoms with E-state index in [1.807, 2.05) is 0 Å². The van der Waals surface area contributed by atoms with Crippen LogP contribution in [0, 0.1) is 0 Å². The van der Waals surface area contributed by atoms with Crippen molar-refractivity contribution in [2.24, 2.45) is 0 Å². The van der Waals surface area contributed by atoms with Crippen LogP contribution in [0.1, 0.15) is 43.0 Å². The molecule has 8 nitrogen and oxygen atoms in total. The number of benzene rings is 1. The summed E-state index contributed by atoms with van der Waals surface area (Å²) < 4.78 is 30.6. The maximum absolute atomic E-state index is 12.5. The summed E-state index contributed by atoms with van der Waals surface area (Å²) >= 11 is 0. The molecular formula is C18H26N2O6S. The van der Waals surface area contributed by atoms with Gasteiger partial charge in [-0.1, -0.05) is 23.4 Å². The molecule has 0 radical (unpaired) electrons. The van der Waals surface area contributed by atoms with E-state index >= 15 is 0 Å². The van der Waals surface area contributed by atoms with Crippen LogP contribution in [-0.2, 0) is 24.4 Å². The van der Waals surface area contributed by atoms with Gasteiger partial charge in [-0.3, -0.25) is 9.63 Å². The van der Waals surface area contributed by atoms with Crippen molar-refractivity contribution in [1.82, 2.24) is 9.37 Å². The Hall–Kier alpha value is -1.97. The molecule has 1 saturated heterocycles. The highest BCUT2D eigenvalue weighted by Gasteiger charge is 2.26. The maximum Gasteiger partial charge on any atom is 0.338 e. The van der Waals surface area contributed by atoms with Crippen molar-refractivity contribution in [2.45, 2.75) is 43.6 Å². The van der Waals surface area contributed by atoms with Crippen LogP contribution >= 0.6 is 0 Å². The SMILES string of the molecule is CON(C)S(=O)(=O)c1cccc(C(=O)O[C@H](C)C(=O)N2CCCCCC2)c1. The molecule has 9 heteroatoms. The Kier molecular flexibility index (Phi) is 7.34. The summed E-state index contributed by atoms with van der Waals surface area (Å²) in [7, 11) is -1.40. The van der Waals surface area contributed by atoms with Crippen LogP contribution < -0.4 is 0 Å². The van der Waals surface area contributed by atoms with Gasteiger partial charge in [-0.05, 0) is 38.0 Å². The largest absolute Gasteiger partial charge is 0.449 e. The average molecular weight is 398 g/mol. The quantitative estimate of drug-likeness (QED) is 0.536. The number of rotatable bonds is 6. The lowest BCUT2D eigenvalue weighted by atomic mass is 10.2. The third-order valence-electron chi connectivity index (χ3n) is 4.51. The van der Waals surface area contributed by atoms with E-state index in [0.717, 1.165) is 25.7 Å². The van der Waals surface area contributed by atoms with Crippen molar-refractivity contribution in [3.63, 3.8) is 0 Å². The Bertz CT molecular complexity index is 772. The Labute approximate surface area is 160 Å². The molecule has 1 aromatic rings. The molecule has 0 saturated carbocycles. The number of ether oxygens (including phenoxy) is 1. The molecule has 0 bridgehead atoms. The molecule has 27 heavy (non-hydrogen) atoms. The summed E-state index contributed by atoms with van der Waals surface area (Å²) in [6.07, 6.45) is 3.14. The lowest BCUT2D eigenvalue weighted by Gasteiger charge is -2.24. The molecule has 1 aromatic carbocycles. The predicted octanol–water partition coefficient (Wildman–Crippen LogP) is 1.82. The van der Waals surface area contributed by atoms with Crippen LogP contribution in [0.3, 0.4) is 0 Å². The fraction of sp³-hybridized carbons (Fsp3) is 0.556. The van der Waals surface area contributed by atoms with Gasteiger partial charge in [-0.25, -0.2) is 13.2 Å². The lowest BCUT2D eigenvalue weighted by Crippen LogP contribution is -2.40. The summed E-state index contributed by atoms with van der Waals surface area (Å²) in [5.74, 6) is -0.976. The molecule has 1 atom stereocenters. The van der Waals surface area contributed by atoms with E-state index in [1.54, 1.807) is 4.90 Å². The van der Waals surface area contributed by atoms with Crippen molar-refractivity contribution in [3.05, 3.63) is 29.8 Å². The third-order valence-corrected chi connectivity index (χ3v) is 6.19. The second-order valence-electron chi connectivity index (χ2n) is 6.41. The highest BCUT2D eigenvalue weighted by Crippen LogP contribution is 2.18. The number of esters is 1. The number of hydrogen-bond acceptors (Lipinski definition) is 6. The number of nitrogens with zero attached hydrogens (tertiary/aromatic N) is 2.